The predicted octanol–water partition coefficient (Wildman–Crippen LogP) is 5.38. The minimum Gasteiger partial charge on any atom is -0.469 e. The summed E-state index contributed by atoms with van der Waals surface area (Å²) < 4.78 is 6.98. The normalized spacial score (nSPS) is 10.8. The van der Waals surface area contributed by atoms with Crippen molar-refractivity contribution in [2.75, 3.05) is 7.11 Å². The summed E-state index contributed by atoms with van der Waals surface area (Å²) in [5.41, 5.74) is 13.0. The van der Waals surface area contributed by atoms with Gasteiger partial charge in [0.05, 0.1) is 19.1 Å². The first-order valence-corrected chi connectivity index (χ1v) is 11.3. The Balaban J connectivity index is 1.84. The molecule has 0 aliphatic carbocycles. The first kappa shape index (κ1) is 23.1. The molecule has 0 atom stereocenters. The van der Waals surface area contributed by atoms with Crippen molar-refractivity contribution in [3.8, 4) is 22.3 Å². The first-order chi connectivity index (χ1) is 16.5. The fourth-order valence-electron chi connectivity index (χ4n) is 4.43. The number of ether oxygens (including phenoxy) is 1. The van der Waals surface area contributed by atoms with Crippen LogP contribution in [-0.4, -0.2) is 23.6 Å². The fraction of sp³-hybridized carbons (Fsp3) is 0.172. The number of methoxy groups -OCH3 is 1. The lowest BCUT2D eigenvalue weighted by atomic mass is 9.95. The van der Waals surface area contributed by atoms with E-state index in [1.807, 2.05) is 79.7 Å². The maximum atomic E-state index is 12.6. The lowest BCUT2D eigenvalue weighted by molar-refractivity contribution is -0.140. The van der Waals surface area contributed by atoms with Gasteiger partial charge in [-0.05, 0) is 35.6 Å². The van der Waals surface area contributed by atoms with Crippen molar-refractivity contribution in [1.82, 2.24) is 4.57 Å². The van der Waals surface area contributed by atoms with Crippen LogP contribution in [0.5, 0.6) is 0 Å². The standard InChI is InChI=1S/C29H28N2O3/c1-20-27(29(30)33)28(24-15-13-23(14-16-24)22-11-7-4-8-12-22)25(17-18-26(32)34-2)31(20)19-21-9-5-3-6-10-21/h3-16H,17-19H2,1-2H3,(H2,30,33). The molecule has 0 aliphatic heterocycles. The highest BCUT2D eigenvalue weighted by Crippen LogP contribution is 2.35. The predicted molar refractivity (Wildman–Crippen MR) is 134 cm³/mol. The number of carbonyl (C=O) groups is 2. The van der Waals surface area contributed by atoms with Gasteiger partial charge >= 0.3 is 5.97 Å². The van der Waals surface area contributed by atoms with Crippen molar-refractivity contribution in [3.05, 3.63) is 107 Å². The molecule has 0 saturated heterocycles. The molecule has 0 aliphatic rings. The Labute approximate surface area is 199 Å². The largest absolute Gasteiger partial charge is 0.469 e. The number of carbonyl (C=O) groups excluding carboxylic acids is 2. The minimum atomic E-state index is -0.481. The molecule has 4 aromatic rings. The zero-order chi connectivity index (χ0) is 24.1. The van der Waals surface area contributed by atoms with E-state index in [0.717, 1.165) is 39.2 Å². The number of rotatable bonds is 8. The average molecular weight is 453 g/mol. The molecule has 5 nitrogen and oxygen atoms in total. The summed E-state index contributed by atoms with van der Waals surface area (Å²) in [4.78, 5) is 24.6. The Morgan fingerprint density at radius 1 is 0.824 bits per heavy atom. The van der Waals surface area contributed by atoms with Crippen LogP contribution in [-0.2, 0) is 22.5 Å². The lowest BCUT2D eigenvalue weighted by Crippen LogP contribution is -2.13. The van der Waals surface area contributed by atoms with Gasteiger partial charge in [0, 0.05) is 23.5 Å². The topological polar surface area (TPSA) is 74.3 Å². The van der Waals surface area contributed by atoms with E-state index in [2.05, 4.69) is 16.7 Å². The molecule has 4 rings (SSSR count). The number of hydrogen-bond acceptors (Lipinski definition) is 3. The Kier molecular flexibility index (Phi) is 6.93. The third-order valence-corrected chi connectivity index (χ3v) is 6.14. The van der Waals surface area contributed by atoms with Gasteiger partial charge in [-0.3, -0.25) is 9.59 Å². The average Bonchev–Trinajstić information content (AvgIpc) is 3.15. The molecule has 1 amide bonds. The highest BCUT2D eigenvalue weighted by atomic mass is 16.5. The molecule has 172 valence electrons. The minimum absolute atomic E-state index is 0.210. The van der Waals surface area contributed by atoms with E-state index in [1.165, 1.54) is 7.11 Å². The Morgan fingerprint density at radius 2 is 1.38 bits per heavy atom. The van der Waals surface area contributed by atoms with Gasteiger partial charge in [-0.15, -0.1) is 0 Å². The van der Waals surface area contributed by atoms with Crippen LogP contribution < -0.4 is 5.73 Å². The highest BCUT2D eigenvalue weighted by molar-refractivity contribution is 6.02. The van der Waals surface area contributed by atoms with E-state index < -0.39 is 5.91 Å². The Morgan fingerprint density at radius 3 is 1.97 bits per heavy atom. The van der Waals surface area contributed by atoms with Gasteiger partial charge in [0.15, 0.2) is 0 Å². The Bertz CT molecular complexity index is 1290. The van der Waals surface area contributed by atoms with Crippen LogP contribution in [0.4, 0.5) is 0 Å². The van der Waals surface area contributed by atoms with Crippen molar-refractivity contribution >= 4 is 11.9 Å². The highest BCUT2D eigenvalue weighted by Gasteiger charge is 2.25. The molecular weight excluding hydrogens is 424 g/mol. The Hall–Kier alpha value is -4.12. The molecule has 34 heavy (non-hydrogen) atoms. The van der Waals surface area contributed by atoms with Crippen LogP contribution in [0.1, 0.15) is 33.7 Å². The van der Waals surface area contributed by atoms with Crippen molar-refractivity contribution in [2.24, 2.45) is 5.73 Å². The van der Waals surface area contributed by atoms with Crippen molar-refractivity contribution in [3.63, 3.8) is 0 Å². The second-order valence-corrected chi connectivity index (χ2v) is 8.24. The van der Waals surface area contributed by atoms with E-state index in [4.69, 9.17) is 10.5 Å². The van der Waals surface area contributed by atoms with Crippen LogP contribution in [0, 0.1) is 6.92 Å². The second-order valence-electron chi connectivity index (χ2n) is 8.24. The monoisotopic (exact) mass is 452 g/mol. The quantitative estimate of drug-likeness (QED) is 0.365. The third-order valence-electron chi connectivity index (χ3n) is 6.14. The van der Waals surface area contributed by atoms with E-state index in [1.54, 1.807) is 0 Å². The number of esters is 1. The number of amides is 1. The first-order valence-electron chi connectivity index (χ1n) is 11.3. The molecular formula is C29H28N2O3. The molecule has 0 radical (unpaired) electrons. The van der Waals surface area contributed by atoms with Crippen LogP contribution in [0.25, 0.3) is 22.3 Å². The summed E-state index contributed by atoms with van der Waals surface area (Å²) in [6.45, 7) is 2.48. The summed E-state index contributed by atoms with van der Waals surface area (Å²) in [7, 11) is 1.38. The van der Waals surface area contributed by atoms with Gasteiger partial charge in [0.2, 0.25) is 0 Å². The van der Waals surface area contributed by atoms with Crippen molar-refractivity contribution in [2.45, 2.75) is 26.3 Å². The van der Waals surface area contributed by atoms with Gasteiger partial charge in [0.1, 0.15) is 0 Å². The van der Waals surface area contributed by atoms with Crippen molar-refractivity contribution < 1.29 is 14.3 Å². The third kappa shape index (κ3) is 4.79. The molecule has 0 unspecified atom stereocenters. The SMILES string of the molecule is COC(=O)CCc1c(-c2ccc(-c3ccccc3)cc2)c(C(N)=O)c(C)n1Cc1ccccc1. The second kappa shape index (κ2) is 10.2. The van der Waals surface area contributed by atoms with Gasteiger partial charge in [-0.1, -0.05) is 84.9 Å². The summed E-state index contributed by atoms with van der Waals surface area (Å²) in [5.74, 6) is -0.776. The summed E-state index contributed by atoms with van der Waals surface area (Å²) in [6.07, 6.45) is 0.644. The zero-order valence-corrected chi connectivity index (χ0v) is 19.5. The number of nitrogens with two attached hydrogens (primary N) is 1. The van der Waals surface area contributed by atoms with Gasteiger partial charge < -0.3 is 15.0 Å². The number of primary amides is 1. The molecule has 1 aromatic heterocycles. The molecule has 0 bridgehead atoms. The number of aromatic nitrogens is 1. The van der Waals surface area contributed by atoms with Gasteiger partial charge in [-0.25, -0.2) is 0 Å². The van der Waals surface area contributed by atoms with Crippen molar-refractivity contribution in [1.29, 1.82) is 0 Å². The van der Waals surface area contributed by atoms with Crippen LogP contribution in [0.2, 0.25) is 0 Å². The maximum absolute atomic E-state index is 12.6. The van der Waals surface area contributed by atoms with Crippen LogP contribution >= 0.6 is 0 Å². The summed E-state index contributed by atoms with van der Waals surface area (Å²) >= 11 is 0. The molecule has 2 N–H and O–H groups in total. The maximum Gasteiger partial charge on any atom is 0.305 e. The molecule has 0 saturated carbocycles. The molecule has 5 heteroatoms. The van der Waals surface area contributed by atoms with E-state index in [-0.39, 0.29) is 12.4 Å². The van der Waals surface area contributed by atoms with Gasteiger partial charge in [0.25, 0.3) is 5.91 Å². The van der Waals surface area contributed by atoms with Crippen LogP contribution in [0.3, 0.4) is 0 Å². The number of hydrogen-bond donors (Lipinski definition) is 1. The van der Waals surface area contributed by atoms with E-state index in [0.29, 0.717) is 18.5 Å². The number of nitrogens with zero attached hydrogens (tertiary/aromatic N) is 1. The zero-order valence-electron chi connectivity index (χ0n) is 19.5. The smallest absolute Gasteiger partial charge is 0.305 e. The van der Waals surface area contributed by atoms with E-state index >= 15 is 0 Å². The molecule has 0 fully saturated rings. The van der Waals surface area contributed by atoms with Crippen LogP contribution in [0.15, 0.2) is 84.9 Å². The molecule has 1 heterocycles. The fourth-order valence-corrected chi connectivity index (χ4v) is 4.43. The lowest BCUT2D eigenvalue weighted by Gasteiger charge is -2.14. The van der Waals surface area contributed by atoms with E-state index in [9.17, 15) is 9.59 Å². The number of benzene rings is 3. The molecule has 3 aromatic carbocycles. The molecule has 0 spiro atoms. The summed E-state index contributed by atoms with van der Waals surface area (Å²) in [6, 6.07) is 28.3. The summed E-state index contributed by atoms with van der Waals surface area (Å²) in [5, 5.41) is 0. The van der Waals surface area contributed by atoms with Gasteiger partial charge in [-0.2, -0.15) is 0 Å².